The topological polar surface area (TPSA) is 67.6 Å². The minimum absolute atomic E-state index is 0.116. The van der Waals surface area contributed by atoms with Gasteiger partial charge in [-0.2, -0.15) is 0 Å². The van der Waals surface area contributed by atoms with Crippen LogP contribution in [0.1, 0.15) is 31.9 Å². The SMILES string of the molecule is CSc1ccc2c(C(C)(c3ccc(-c4cnc(N)nc4)cc3)C(C)C)c[nH]c2c1. The van der Waals surface area contributed by atoms with Crippen molar-refractivity contribution >= 4 is 28.6 Å². The Morgan fingerprint density at radius 1 is 1.00 bits per heavy atom. The third-order valence-electron chi connectivity index (χ3n) is 6.09. The zero-order chi connectivity index (χ0) is 20.6. The van der Waals surface area contributed by atoms with Gasteiger partial charge < -0.3 is 10.7 Å². The molecule has 29 heavy (non-hydrogen) atoms. The lowest BCUT2D eigenvalue weighted by Gasteiger charge is -2.35. The molecule has 0 saturated heterocycles. The van der Waals surface area contributed by atoms with Crippen molar-refractivity contribution in [2.45, 2.75) is 31.1 Å². The molecular formula is C24H26N4S. The minimum Gasteiger partial charge on any atom is -0.368 e. The molecule has 1 atom stereocenters. The number of nitrogens with one attached hydrogen (secondary N) is 1. The first-order valence-electron chi connectivity index (χ1n) is 9.77. The van der Waals surface area contributed by atoms with Crippen molar-refractivity contribution in [3.8, 4) is 11.1 Å². The van der Waals surface area contributed by atoms with Crippen molar-refractivity contribution in [1.82, 2.24) is 15.0 Å². The van der Waals surface area contributed by atoms with E-state index in [-0.39, 0.29) is 5.41 Å². The largest absolute Gasteiger partial charge is 0.368 e. The molecule has 0 fully saturated rings. The van der Waals surface area contributed by atoms with E-state index < -0.39 is 0 Å². The number of thioether (sulfide) groups is 1. The number of nitrogens with two attached hydrogens (primary N) is 1. The number of benzene rings is 2. The van der Waals surface area contributed by atoms with Crippen molar-refractivity contribution in [1.29, 1.82) is 0 Å². The Morgan fingerprint density at radius 3 is 2.31 bits per heavy atom. The standard InChI is InChI=1S/C24H26N4S/c1-15(2)24(3,21-14-26-22-11-19(29-4)9-10-20(21)22)18-7-5-16(6-8-18)17-12-27-23(25)28-13-17/h5-15,26H,1-4H3,(H2,25,27,28). The third-order valence-corrected chi connectivity index (χ3v) is 6.82. The van der Waals surface area contributed by atoms with Gasteiger partial charge in [-0.05, 0) is 41.0 Å². The van der Waals surface area contributed by atoms with Crippen molar-refractivity contribution in [3.05, 3.63) is 72.2 Å². The van der Waals surface area contributed by atoms with Crippen LogP contribution in [-0.4, -0.2) is 21.2 Å². The second-order valence-corrected chi connectivity index (χ2v) is 8.76. The van der Waals surface area contributed by atoms with E-state index in [1.807, 2.05) is 0 Å². The number of rotatable bonds is 5. The van der Waals surface area contributed by atoms with Crippen LogP contribution in [0.25, 0.3) is 22.0 Å². The molecule has 0 aliphatic rings. The Balaban J connectivity index is 1.78. The van der Waals surface area contributed by atoms with E-state index in [1.165, 1.54) is 26.9 Å². The number of H-pyrrole nitrogens is 1. The molecule has 4 nitrogen and oxygen atoms in total. The summed E-state index contributed by atoms with van der Waals surface area (Å²) in [5, 5.41) is 1.29. The van der Waals surface area contributed by atoms with E-state index >= 15 is 0 Å². The highest BCUT2D eigenvalue weighted by Crippen LogP contribution is 2.43. The second kappa shape index (κ2) is 7.56. The van der Waals surface area contributed by atoms with Crippen LogP contribution in [0.15, 0.2) is 66.0 Å². The summed E-state index contributed by atoms with van der Waals surface area (Å²) in [6.07, 6.45) is 7.82. The number of hydrogen-bond acceptors (Lipinski definition) is 4. The summed E-state index contributed by atoms with van der Waals surface area (Å²) in [6, 6.07) is 15.4. The maximum absolute atomic E-state index is 5.61. The molecule has 0 spiro atoms. The quantitative estimate of drug-likeness (QED) is 0.408. The van der Waals surface area contributed by atoms with E-state index in [1.54, 1.807) is 24.2 Å². The predicted molar refractivity (Wildman–Crippen MR) is 123 cm³/mol. The molecule has 2 aromatic carbocycles. The monoisotopic (exact) mass is 402 g/mol. The zero-order valence-corrected chi connectivity index (χ0v) is 18.0. The highest BCUT2D eigenvalue weighted by atomic mass is 32.2. The lowest BCUT2D eigenvalue weighted by atomic mass is 9.68. The molecule has 4 aromatic rings. The normalized spacial score (nSPS) is 13.7. The predicted octanol–water partition coefficient (Wildman–Crippen LogP) is 5.89. The Labute approximate surface area is 176 Å². The average molecular weight is 403 g/mol. The molecule has 1 unspecified atom stereocenters. The second-order valence-electron chi connectivity index (χ2n) is 7.88. The number of nitrogen functional groups attached to an aromatic ring is 1. The van der Waals surface area contributed by atoms with Gasteiger partial charge in [0.05, 0.1) is 0 Å². The number of hydrogen-bond donors (Lipinski definition) is 2. The first-order chi connectivity index (χ1) is 13.9. The Hall–Kier alpha value is -2.79. The first kappa shape index (κ1) is 19.5. The van der Waals surface area contributed by atoms with Crippen LogP contribution in [0, 0.1) is 5.92 Å². The highest BCUT2D eigenvalue weighted by Gasteiger charge is 2.34. The minimum atomic E-state index is -0.116. The van der Waals surface area contributed by atoms with E-state index in [0.717, 1.165) is 11.1 Å². The van der Waals surface area contributed by atoms with Crippen molar-refractivity contribution in [2.75, 3.05) is 12.0 Å². The fourth-order valence-electron chi connectivity index (χ4n) is 3.96. The smallest absolute Gasteiger partial charge is 0.219 e. The van der Waals surface area contributed by atoms with Gasteiger partial charge in [0.15, 0.2) is 0 Å². The number of aromatic amines is 1. The number of anilines is 1. The van der Waals surface area contributed by atoms with E-state index in [9.17, 15) is 0 Å². The molecule has 2 heterocycles. The molecule has 0 bridgehead atoms. The van der Waals surface area contributed by atoms with E-state index in [0.29, 0.717) is 11.9 Å². The molecule has 0 amide bonds. The molecule has 3 N–H and O–H groups in total. The molecule has 4 rings (SSSR count). The summed E-state index contributed by atoms with van der Waals surface area (Å²) in [5.41, 5.74) is 11.4. The van der Waals surface area contributed by atoms with Gasteiger partial charge in [-0.1, -0.05) is 51.1 Å². The number of fused-ring (bicyclic) bond motifs is 1. The van der Waals surface area contributed by atoms with Gasteiger partial charge in [-0.3, -0.25) is 0 Å². The lowest BCUT2D eigenvalue weighted by molar-refractivity contribution is 0.408. The molecular weight excluding hydrogens is 376 g/mol. The van der Waals surface area contributed by atoms with Crippen molar-refractivity contribution < 1.29 is 0 Å². The van der Waals surface area contributed by atoms with Crippen LogP contribution >= 0.6 is 11.8 Å². The van der Waals surface area contributed by atoms with Gasteiger partial charge in [0.1, 0.15) is 0 Å². The fourth-order valence-corrected chi connectivity index (χ4v) is 4.40. The van der Waals surface area contributed by atoms with Crippen LogP contribution in [0.4, 0.5) is 5.95 Å². The van der Waals surface area contributed by atoms with Crippen LogP contribution in [-0.2, 0) is 5.41 Å². The Bertz CT molecular complexity index is 1130. The molecule has 0 aliphatic carbocycles. The van der Waals surface area contributed by atoms with Gasteiger partial charge in [0, 0.05) is 45.4 Å². The summed E-state index contributed by atoms with van der Waals surface area (Å²) < 4.78 is 0. The molecule has 2 aromatic heterocycles. The van der Waals surface area contributed by atoms with Gasteiger partial charge >= 0.3 is 0 Å². The summed E-state index contributed by atoms with van der Waals surface area (Å²) >= 11 is 1.77. The summed E-state index contributed by atoms with van der Waals surface area (Å²) in [6.45, 7) is 6.91. The average Bonchev–Trinajstić information content (AvgIpc) is 3.17. The van der Waals surface area contributed by atoms with Gasteiger partial charge in [-0.25, -0.2) is 9.97 Å². The molecule has 0 radical (unpaired) electrons. The van der Waals surface area contributed by atoms with E-state index in [4.69, 9.17) is 5.73 Å². The first-order valence-corrected chi connectivity index (χ1v) is 11.0. The Morgan fingerprint density at radius 2 is 1.69 bits per heavy atom. The lowest BCUT2D eigenvalue weighted by Crippen LogP contribution is -2.29. The van der Waals surface area contributed by atoms with Crippen molar-refractivity contribution in [2.24, 2.45) is 5.92 Å². The van der Waals surface area contributed by atoms with Crippen LogP contribution in [0.2, 0.25) is 0 Å². The molecule has 0 aliphatic heterocycles. The van der Waals surface area contributed by atoms with Crippen LogP contribution in [0.5, 0.6) is 0 Å². The van der Waals surface area contributed by atoms with Crippen LogP contribution < -0.4 is 5.73 Å². The van der Waals surface area contributed by atoms with Gasteiger partial charge in [0.25, 0.3) is 0 Å². The van der Waals surface area contributed by atoms with Crippen molar-refractivity contribution in [3.63, 3.8) is 0 Å². The fraction of sp³-hybridized carbons (Fsp3) is 0.250. The summed E-state index contributed by atoms with van der Waals surface area (Å²) in [5.74, 6) is 0.717. The van der Waals surface area contributed by atoms with Gasteiger partial charge in [-0.15, -0.1) is 11.8 Å². The molecule has 5 heteroatoms. The molecule has 148 valence electrons. The zero-order valence-electron chi connectivity index (χ0n) is 17.2. The summed E-state index contributed by atoms with van der Waals surface area (Å²) in [7, 11) is 0. The number of aromatic nitrogens is 3. The third kappa shape index (κ3) is 3.40. The van der Waals surface area contributed by atoms with Crippen LogP contribution in [0.3, 0.4) is 0 Å². The number of nitrogens with zero attached hydrogens (tertiary/aromatic N) is 2. The van der Waals surface area contributed by atoms with Gasteiger partial charge in [0.2, 0.25) is 5.95 Å². The molecule has 0 saturated carbocycles. The highest BCUT2D eigenvalue weighted by molar-refractivity contribution is 7.98. The maximum atomic E-state index is 5.61. The maximum Gasteiger partial charge on any atom is 0.219 e. The Kier molecular flexibility index (Phi) is 5.09. The summed E-state index contributed by atoms with van der Waals surface area (Å²) in [4.78, 5) is 13.0. The van der Waals surface area contributed by atoms with E-state index in [2.05, 4.69) is 90.6 Å².